The first-order chi connectivity index (χ1) is 14.4. The Bertz CT molecular complexity index is 1140. The molecule has 1 aromatic heterocycles. The van der Waals surface area contributed by atoms with E-state index in [1.807, 2.05) is 0 Å². The smallest absolute Gasteiger partial charge is 0.422 e. The predicted octanol–water partition coefficient (Wildman–Crippen LogP) is 6.31. The molecule has 0 radical (unpaired) electrons. The van der Waals surface area contributed by atoms with Crippen LogP contribution in [0.15, 0.2) is 60.8 Å². The SMILES string of the molecule is CC(c1ccc(-c2cccc(C(=O)O)c2)cc1Cl)C(O)(c1ccnc(Cl)c1)C(F)(F)F. The lowest BCUT2D eigenvalue weighted by molar-refractivity contribution is -0.274. The Morgan fingerprint density at radius 3 is 2.29 bits per heavy atom. The minimum Gasteiger partial charge on any atom is -0.478 e. The lowest BCUT2D eigenvalue weighted by Crippen LogP contribution is -2.46. The number of rotatable bonds is 5. The van der Waals surface area contributed by atoms with Crippen LogP contribution in [0, 0.1) is 0 Å². The highest BCUT2D eigenvalue weighted by atomic mass is 35.5. The van der Waals surface area contributed by atoms with Gasteiger partial charge in [-0.05, 0) is 52.6 Å². The minimum atomic E-state index is -5.03. The highest BCUT2D eigenvalue weighted by Gasteiger charge is 2.59. The van der Waals surface area contributed by atoms with Crippen LogP contribution < -0.4 is 0 Å². The van der Waals surface area contributed by atoms with Gasteiger partial charge in [-0.25, -0.2) is 9.78 Å². The normalized spacial score (nSPS) is 14.7. The van der Waals surface area contributed by atoms with Crippen LogP contribution in [-0.4, -0.2) is 27.3 Å². The van der Waals surface area contributed by atoms with Gasteiger partial charge in [-0.15, -0.1) is 0 Å². The molecule has 0 saturated carbocycles. The Labute approximate surface area is 185 Å². The number of carbonyl (C=O) groups is 1. The lowest BCUT2D eigenvalue weighted by Gasteiger charge is -2.37. The van der Waals surface area contributed by atoms with E-state index in [1.54, 1.807) is 12.1 Å². The van der Waals surface area contributed by atoms with E-state index in [2.05, 4.69) is 4.98 Å². The van der Waals surface area contributed by atoms with E-state index in [4.69, 9.17) is 28.3 Å². The van der Waals surface area contributed by atoms with Gasteiger partial charge in [0.05, 0.1) is 5.56 Å². The van der Waals surface area contributed by atoms with Gasteiger partial charge in [-0.1, -0.05) is 54.4 Å². The van der Waals surface area contributed by atoms with Gasteiger partial charge in [0.15, 0.2) is 5.60 Å². The Kier molecular flexibility index (Phi) is 6.32. The van der Waals surface area contributed by atoms with E-state index in [0.29, 0.717) is 11.1 Å². The number of aromatic nitrogens is 1. The molecule has 0 bridgehead atoms. The molecule has 2 aromatic carbocycles. The number of carboxylic acids is 1. The quantitative estimate of drug-likeness (QED) is 0.429. The Morgan fingerprint density at radius 2 is 1.71 bits per heavy atom. The maximum Gasteiger partial charge on any atom is 0.422 e. The molecular weight excluding hydrogens is 454 g/mol. The third-order valence-electron chi connectivity index (χ3n) is 5.14. The van der Waals surface area contributed by atoms with E-state index < -0.39 is 29.2 Å². The summed E-state index contributed by atoms with van der Waals surface area (Å²) in [6.07, 6.45) is -3.95. The van der Waals surface area contributed by atoms with E-state index >= 15 is 0 Å². The van der Waals surface area contributed by atoms with Crippen molar-refractivity contribution in [2.75, 3.05) is 0 Å². The number of aromatic carboxylic acids is 1. The number of hydrogen-bond acceptors (Lipinski definition) is 3. The molecule has 2 atom stereocenters. The summed E-state index contributed by atoms with van der Waals surface area (Å²) in [7, 11) is 0. The van der Waals surface area contributed by atoms with Gasteiger partial charge >= 0.3 is 12.1 Å². The first-order valence-corrected chi connectivity index (χ1v) is 9.75. The van der Waals surface area contributed by atoms with Crippen LogP contribution in [0.2, 0.25) is 10.2 Å². The second-order valence-corrected chi connectivity index (χ2v) is 7.77. The molecule has 4 nitrogen and oxygen atoms in total. The molecule has 162 valence electrons. The molecule has 0 spiro atoms. The summed E-state index contributed by atoms with van der Waals surface area (Å²) in [6, 6.07) is 12.4. The number of alkyl halides is 3. The summed E-state index contributed by atoms with van der Waals surface area (Å²) < 4.78 is 42.1. The molecule has 9 heteroatoms. The van der Waals surface area contributed by atoms with Gasteiger partial charge < -0.3 is 10.2 Å². The molecule has 0 aliphatic rings. The van der Waals surface area contributed by atoms with Crippen LogP contribution in [0.1, 0.15) is 34.3 Å². The fourth-order valence-electron chi connectivity index (χ4n) is 3.41. The molecule has 0 saturated heterocycles. The van der Waals surface area contributed by atoms with Crippen molar-refractivity contribution in [3.8, 4) is 11.1 Å². The van der Waals surface area contributed by atoms with Crippen molar-refractivity contribution in [3.63, 3.8) is 0 Å². The summed E-state index contributed by atoms with van der Waals surface area (Å²) >= 11 is 12.1. The topological polar surface area (TPSA) is 70.4 Å². The molecule has 2 unspecified atom stereocenters. The number of benzene rings is 2. The molecule has 0 aliphatic carbocycles. The average Bonchev–Trinajstić information content (AvgIpc) is 2.71. The molecule has 1 heterocycles. The first kappa shape index (κ1) is 23.1. The van der Waals surface area contributed by atoms with Crippen LogP contribution in [0.5, 0.6) is 0 Å². The molecule has 0 fully saturated rings. The monoisotopic (exact) mass is 469 g/mol. The Morgan fingerprint density at radius 1 is 1.03 bits per heavy atom. The van der Waals surface area contributed by atoms with Gasteiger partial charge in [0.1, 0.15) is 5.15 Å². The van der Waals surface area contributed by atoms with E-state index in [0.717, 1.165) is 18.3 Å². The van der Waals surface area contributed by atoms with E-state index in [-0.39, 0.29) is 21.3 Å². The molecule has 0 amide bonds. The molecule has 2 N–H and O–H groups in total. The van der Waals surface area contributed by atoms with Crippen molar-refractivity contribution in [1.29, 1.82) is 0 Å². The van der Waals surface area contributed by atoms with Crippen molar-refractivity contribution in [3.05, 3.63) is 87.7 Å². The second kappa shape index (κ2) is 8.49. The number of carboxylic acid groups (broad SMARTS) is 1. The average molecular weight is 470 g/mol. The van der Waals surface area contributed by atoms with Crippen molar-refractivity contribution >= 4 is 29.2 Å². The minimum absolute atomic E-state index is 0.00597. The fourth-order valence-corrected chi connectivity index (χ4v) is 3.93. The van der Waals surface area contributed by atoms with Crippen LogP contribution in [-0.2, 0) is 5.60 Å². The molecule has 31 heavy (non-hydrogen) atoms. The zero-order valence-electron chi connectivity index (χ0n) is 16.0. The van der Waals surface area contributed by atoms with Crippen molar-refractivity contribution in [2.45, 2.75) is 24.6 Å². The summed E-state index contributed by atoms with van der Waals surface area (Å²) in [6.45, 7) is 1.22. The summed E-state index contributed by atoms with van der Waals surface area (Å²) in [4.78, 5) is 14.9. The number of aliphatic hydroxyl groups is 1. The van der Waals surface area contributed by atoms with Crippen molar-refractivity contribution in [1.82, 2.24) is 4.98 Å². The highest BCUT2D eigenvalue weighted by Crippen LogP contribution is 2.50. The number of hydrogen-bond donors (Lipinski definition) is 2. The van der Waals surface area contributed by atoms with Crippen LogP contribution in [0.3, 0.4) is 0 Å². The Hall–Kier alpha value is -2.61. The molecule has 3 aromatic rings. The van der Waals surface area contributed by atoms with Gasteiger partial charge in [0, 0.05) is 17.1 Å². The lowest BCUT2D eigenvalue weighted by atomic mass is 9.77. The second-order valence-electron chi connectivity index (χ2n) is 6.98. The zero-order chi connectivity index (χ0) is 23.0. The van der Waals surface area contributed by atoms with Crippen LogP contribution >= 0.6 is 23.2 Å². The van der Waals surface area contributed by atoms with Crippen molar-refractivity contribution < 1.29 is 28.2 Å². The highest BCUT2D eigenvalue weighted by molar-refractivity contribution is 6.31. The maximum atomic E-state index is 14.0. The summed E-state index contributed by atoms with van der Waals surface area (Å²) in [5, 5.41) is 19.8. The third kappa shape index (κ3) is 4.39. The van der Waals surface area contributed by atoms with Crippen molar-refractivity contribution in [2.24, 2.45) is 0 Å². The predicted molar refractivity (Wildman–Crippen MR) is 111 cm³/mol. The van der Waals surface area contributed by atoms with E-state index in [9.17, 15) is 23.1 Å². The number of pyridine rings is 1. The molecule has 3 rings (SSSR count). The summed E-state index contributed by atoms with van der Waals surface area (Å²) in [5.41, 5.74) is -2.55. The summed E-state index contributed by atoms with van der Waals surface area (Å²) in [5.74, 6) is -2.60. The largest absolute Gasteiger partial charge is 0.478 e. The fraction of sp³-hybridized carbons (Fsp3) is 0.182. The number of halogens is 5. The van der Waals surface area contributed by atoms with Crippen LogP contribution in [0.25, 0.3) is 11.1 Å². The van der Waals surface area contributed by atoms with Crippen LogP contribution in [0.4, 0.5) is 13.2 Å². The molecule has 0 aliphatic heterocycles. The first-order valence-electron chi connectivity index (χ1n) is 8.99. The standard InChI is InChI=1S/C22H16Cl2F3NO3/c1-12(21(31,22(25,26)27)16-7-8-28-19(24)11-16)17-6-5-14(10-18(17)23)13-3-2-4-15(9-13)20(29)30/h2-12,31H,1H3,(H,29,30). The van der Waals surface area contributed by atoms with Gasteiger partial charge in [-0.3, -0.25) is 0 Å². The third-order valence-corrected chi connectivity index (χ3v) is 5.67. The van der Waals surface area contributed by atoms with Gasteiger partial charge in [0.25, 0.3) is 0 Å². The van der Waals surface area contributed by atoms with Gasteiger partial charge in [0.2, 0.25) is 0 Å². The number of nitrogens with zero attached hydrogens (tertiary/aromatic N) is 1. The van der Waals surface area contributed by atoms with E-state index in [1.165, 1.54) is 37.3 Å². The Balaban J connectivity index is 2.07. The maximum absolute atomic E-state index is 14.0. The van der Waals surface area contributed by atoms with Gasteiger partial charge in [-0.2, -0.15) is 13.2 Å². The molecular formula is C22H16Cl2F3NO3. The zero-order valence-corrected chi connectivity index (χ0v) is 17.5.